The van der Waals surface area contributed by atoms with Crippen LogP contribution >= 0.6 is 0 Å². The number of hydrogen-bond acceptors (Lipinski definition) is 9. The number of amides is 1. The first-order valence-corrected chi connectivity index (χ1v) is 12.7. The molecule has 13 heteroatoms. The molecule has 2 rings (SSSR count). The number of nitrogens with two attached hydrogens (primary N) is 1. The van der Waals surface area contributed by atoms with E-state index in [1.54, 1.807) is 14.7 Å². The van der Waals surface area contributed by atoms with Gasteiger partial charge in [0.25, 0.3) is 0 Å². The van der Waals surface area contributed by atoms with E-state index < -0.39 is 17.9 Å². The van der Waals surface area contributed by atoms with Crippen LogP contribution in [0.2, 0.25) is 0 Å². The van der Waals surface area contributed by atoms with E-state index in [4.69, 9.17) is 5.73 Å². The van der Waals surface area contributed by atoms with Crippen LogP contribution in [0.4, 0.5) is 0 Å². The highest BCUT2D eigenvalue weighted by molar-refractivity contribution is 5.78. The molecule has 1 aliphatic heterocycles. The maximum absolute atomic E-state index is 12.7. The number of nitrogens with zero attached hydrogens (tertiary/aromatic N) is 4. The van der Waals surface area contributed by atoms with Crippen molar-refractivity contribution in [3.8, 4) is 0 Å². The minimum atomic E-state index is -0.995. The summed E-state index contributed by atoms with van der Waals surface area (Å²) in [6.07, 6.45) is 3.93. The molecule has 6 N–H and O–H groups in total. The topological polar surface area (TPSA) is 180 Å². The summed E-state index contributed by atoms with van der Waals surface area (Å²) in [6.45, 7) is 3.18. The zero-order valence-electron chi connectivity index (χ0n) is 21.0. The van der Waals surface area contributed by atoms with Crippen LogP contribution < -0.4 is 11.1 Å². The molecule has 1 saturated heterocycles. The molecule has 1 heterocycles. The van der Waals surface area contributed by atoms with Crippen LogP contribution in [0.25, 0.3) is 0 Å². The van der Waals surface area contributed by atoms with Gasteiger partial charge in [0.2, 0.25) is 5.91 Å². The molecule has 0 aromatic carbocycles. The van der Waals surface area contributed by atoms with E-state index >= 15 is 0 Å². The number of nitrogens with one attached hydrogen (secondary N) is 1. The fourth-order valence-electron chi connectivity index (χ4n) is 4.69. The van der Waals surface area contributed by atoms with Crippen molar-refractivity contribution < 1.29 is 34.5 Å². The molecule has 1 amide bonds. The normalized spacial score (nSPS) is 24.4. The maximum Gasteiger partial charge on any atom is 0.317 e. The molecule has 206 valence electrons. The Kier molecular flexibility index (Phi) is 13.1. The summed E-state index contributed by atoms with van der Waals surface area (Å²) in [6, 6.07) is 0.248. The van der Waals surface area contributed by atoms with Crippen LogP contribution in [0.5, 0.6) is 0 Å². The summed E-state index contributed by atoms with van der Waals surface area (Å²) in [7, 11) is 0. The Morgan fingerprint density at radius 3 is 1.28 bits per heavy atom. The zero-order chi connectivity index (χ0) is 26.5. The average Bonchev–Trinajstić information content (AvgIpc) is 2.79. The molecule has 0 aromatic rings. The third kappa shape index (κ3) is 12.6. The predicted molar refractivity (Wildman–Crippen MR) is 132 cm³/mol. The molecule has 0 unspecified atom stereocenters. The van der Waals surface area contributed by atoms with Gasteiger partial charge in [-0.25, -0.2) is 0 Å². The lowest BCUT2D eigenvalue weighted by Gasteiger charge is -2.33. The minimum absolute atomic E-state index is 0.112. The van der Waals surface area contributed by atoms with Crippen LogP contribution in [-0.2, 0) is 19.2 Å². The van der Waals surface area contributed by atoms with Crippen LogP contribution in [0, 0.1) is 5.92 Å². The van der Waals surface area contributed by atoms with Gasteiger partial charge in [-0.3, -0.25) is 38.8 Å². The molecular weight excluding hydrogens is 472 g/mol. The van der Waals surface area contributed by atoms with Crippen molar-refractivity contribution in [3.63, 3.8) is 0 Å². The van der Waals surface area contributed by atoms with Gasteiger partial charge in [0.15, 0.2) is 0 Å². The van der Waals surface area contributed by atoms with Gasteiger partial charge in [-0.05, 0) is 31.6 Å². The van der Waals surface area contributed by atoms with Gasteiger partial charge in [0.1, 0.15) is 0 Å². The molecule has 2 fully saturated rings. The molecule has 13 nitrogen and oxygen atoms in total. The molecule has 0 spiro atoms. The molecular formula is C23H42N6O7. The van der Waals surface area contributed by atoms with Gasteiger partial charge in [-0.2, -0.15) is 0 Å². The SMILES string of the molecule is NC1CCC(CNC(=O)CN2CCN(CC(=O)O)CCN(CC(=O)O)CCN(CC(=O)O)CC2)CC1. The third-order valence-corrected chi connectivity index (χ3v) is 6.85. The fraction of sp³-hybridized carbons (Fsp3) is 0.826. The van der Waals surface area contributed by atoms with E-state index in [0.29, 0.717) is 64.8 Å². The lowest BCUT2D eigenvalue weighted by molar-refractivity contribution is -0.140. The van der Waals surface area contributed by atoms with Crippen LogP contribution in [-0.4, -0.2) is 150 Å². The largest absolute Gasteiger partial charge is 0.480 e. The van der Waals surface area contributed by atoms with Crippen LogP contribution in [0.3, 0.4) is 0 Å². The second-order valence-electron chi connectivity index (χ2n) is 9.87. The number of aliphatic carboxylic acids is 3. The van der Waals surface area contributed by atoms with Gasteiger partial charge in [0.05, 0.1) is 26.2 Å². The van der Waals surface area contributed by atoms with E-state index in [9.17, 15) is 34.5 Å². The third-order valence-electron chi connectivity index (χ3n) is 6.85. The Bertz CT molecular complexity index is 700. The molecule has 36 heavy (non-hydrogen) atoms. The van der Waals surface area contributed by atoms with Crippen molar-refractivity contribution in [2.75, 3.05) is 85.1 Å². The first-order valence-electron chi connectivity index (χ1n) is 12.7. The van der Waals surface area contributed by atoms with Gasteiger partial charge >= 0.3 is 17.9 Å². The first kappa shape index (κ1) is 29.9. The molecule has 0 atom stereocenters. The monoisotopic (exact) mass is 514 g/mol. The van der Waals surface area contributed by atoms with E-state index in [1.807, 2.05) is 4.90 Å². The van der Waals surface area contributed by atoms with Crippen LogP contribution in [0.1, 0.15) is 25.7 Å². The highest BCUT2D eigenvalue weighted by Crippen LogP contribution is 2.22. The van der Waals surface area contributed by atoms with Gasteiger partial charge in [0, 0.05) is 64.9 Å². The predicted octanol–water partition coefficient (Wildman–Crippen LogP) is -1.90. The number of carboxylic acid groups (broad SMARTS) is 3. The van der Waals surface area contributed by atoms with E-state index in [0.717, 1.165) is 25.7 Å². The highest BCUT2D eigenvalue weighted by Gasteiger charge is 2.22. The number of carbonyl (C=O) groups excluding carboxylic acids is 1. The van der Waals surface area contributed by atoms with Crippen molar-refractivity contribution in [1.29, 1.82) is 0 Å². The number of carboxylic acids is 3. The van der Waals surface area contributed by atoms with Gasteiger partial charge in [-0.15, -0.1) is 0 Å². The molecule has 2 aliphatic rings. The van der Waals surface area contributed by atoms with Crippen molar-refractivity contribution in [2.45, 2.75) is 31.7 Å². The highest BCUT2D eigenvalue weighted by atomic mass is 16.4. The molecule has 0 radical (unpaired) electrons. The average molecular weight is 515 g/mol. The summed E-state index contributed by atoms with van der Waals surface area (Å²) in [5.41, 5.74) is 5.96. The number of rotatable bonds is 10. The Hall–Kier alpha value is -2.32. The quantitative estimate of drug-likeness (QED) is 0.219. The summed E-state index contributed by atoms with van der Waals surface area (Å²) in [5, 5.41) is 30.9. The molecule has 0 bridgehead atoms. The Balaban J connectivity index is 2.01. The smallest absolute Gasteiger partial charge is 0.317 e. The van der Waals surface area contributed by atoms with Gasteiger partial charge < -0.3 is 26.4 Å². The second-order valence-corrected chi connectivity index (χ2v) is 9.87. The fourth-order valence-corrected chi connectivity index (χ4v) is 4.69. The summed E-state index contributed by atoms with van der Waals surface area (Å²) >= 11 is 0. The van der Waals surface area contributed by atoms with Crippen molar-refractivity contribution in [1.82, 2.24) is 24.9 Å². The lowest BCUT2D eigenvalue weighted by Crippen LogP contribution is -2.50. The Morgan fingerprint density at radius 2 is 0.944 bits per heavy atom. The lowest BCUT2D eigenvalue weighted by atomic mass is 9.86. The van der Waals surface area contributed by atoms with Crippen molar-refractivity contribution in [2.24, 2.45) is 11.7 Å². The summed E-state index contributed by atoms with van der Waals surface area (Å²) < 4.78 is 0. The van der Waals surface area contributed by atoms with E-state index in [2.05, 4.69) is 5.32 Å². The maximum atomic E-state index is 12.7. The number of hydrogen-bond donors (Lipinski definition) is 5. The minimum Gasteiger partial charge on any atom is -0.480 e. The molecule has 1 saturated carbocycles. The van der Waals surface area contributed by atoms with E-state index in [1.165, 1.54) is 0 Å². The standard InChI is InChI=1S/C23H42N6O7/c24-19-3-1-18(2-4-19)13-25-20(30)14-26-5-7-27(15-21(31)32)9-11-29(17-23(35)36)12-10-28(8-6-26)16-22(33)34/h18-19H,1-17,24H2,(H,25,30)(H,31,32)(H,33,34)(H,35,36). The van der Waals surface area contributed by atoms with Crippen molar-refractivity contribution >= 4 is 23.8 Å². The van der Waals surface area contributed by atoms with Gasteiger partial charge in [-0.1, -0.05) is 0 Å². The Morgan fingerprint density at radius 1 is 0.611 bits per heavy atom. The zero-order valence-corrected chi connectivity index (χ0v) is 21.0. The second kappa shape index (κ2) is 15.7. The Labute approximate surface area is 212 Å². The van der Waals surface area contributed by atoms with Crippen LogP contribution in [0.15, 0.2) is 0 Å². The van der Waals surface area contributed by atoms with Crippen molar-refractivity contribution in [3.05, 3.63) is 0 Å². The van der Waals surface area contributed by atoms with E-state index in [-0.39, 0.29) is 38.1 Å². The summed E-state index contributed by atoms with van der Waals surface area (Å²) in [5.74, 6) is -2.64. The first-order chi connectivity index (χ1) is 17.1. The number of carbonyl (C=O) groups is 4. The molecule has 0 aromatic heterocycles. The molecule has 1 aliphatic carbocycles. The summed E-state index contributed by atoms with van der Waals surface area (Å²) in [4.78, 5) is 53.8.